The van der Waals surface area contributed by atoms with E-state index in [1.807, 2.05) is 37.3 Å². The Labute approximate surface area is 108 Å². The van der Waals surface area contributed by atoms with Gasteiger partial charge in [0, 0.05) is 5.69 Å². The van der Waals surface area contributed by atoms with E-state index in [0.717, 1.165) is 23.4 Å². The van der Waals surface area contributed by atoms with Crippen LogP contribution in [0.5, 0.6) is 0 Å². The highest BCUT2D eigenvalue weighted by Crippen LogP contribution is 2.22. The minimum absolute atomic E-state index is 0.678. The monoisotopic (exact) mass is 236 g/mol. The Kier molecular flexibility index (Phi) is 3.64. The number of anilines is 2. The lowest BCUT2D eigenvalue weighted by molar-refractivity contribution is 1.14. The van der Waals surface area contributed by atoms with Gasteiger partial charge in [0.1, 0.15) is 6.07 Å². The number of aryl methyl sites for hydroxylation is 2. The molecular formula is C16H16N2. The number of benzene rings is 2. The smallest absolute Gasteiger partial charge is 0.101 e. The number of hydrogen-bond acceptors (Lipinski definition) is 2. The molecule has 0 fully saturated rings. The molecule has 1 N–H and O–H groups in total. The summed E-state index contributed by atoms with van der Waals surface area (Å²) in [4.78, 5) is 0. The van der Waals surface area contributed by atoms with Crippen LogP contribution in [-0.4, -0.2) is 0 Å². The maximum atomic E-state index is 9.13. The summed E-state index contributed by atoms with van der Waals surface area (Å²) >= 11 is 0. The van der Waals surface area contributed by atoms with E-state index in [2.05, 4.69) is 30.4 Å². The molecule has 0 saturated carbocycles. The van der Waals surface area contributed by atoms with Gasteiger partial charge in [0.2, 0.25) is 0 Å². The zero-order chi connectivity index (χ0) is 13.0. The number of nitrogens with zero attached hydrogens (tertiary/aromatic N) is 1. The quantitative estimate of drug-likeness (QED) is 0.868. The molecule has 90 valence electrons. The summed E-state index contributed by atoms with van der Waals surface area (Å²) < 4.78 is 0. The first-order valence-electron chi connectivity index (χ1n) is 6.09. The zero-order valence-corrected chi connectivity index (χ0v) is 10.7. The van der Waals surface area contributed by atoms with E-state index in [-0.39, 0.29) is 0 Å². The van der Waals surface area contributed by atoms with E-state index in [1.165, 1.54) is 5.56 Å². The van der Waals surface area contributed by atoms with Gasteiger partial charge in [-0.3, -0.25) is 0 Å². The largest absolute Gasteiger partial charge is 0.354 e. The van der Waals surface area contributed by atoms with Gasteiger partial charge in [-0.1, -0.05) is 25.1 Å². The summed E-state index contributed by atoms with van der Waals surface area (Å²) in [7, 11) is 0. The zero-order valence-electron chi connectivity index (χ0n) is 10.7. The second-order valence-corrected chi connectivity index (χ2v) is 4.34. The molecule has 0 unspecified atom stereocenters. The Balaban J connectivity index is 2.31. The minimum Gasteiger partial charge on any atom is -0.354 e. The van der Waals surface area contributed by atoms with Crippen molar-refractivity contribution in [3.05, 3.63) is 59.2 Å². The van der Waals surface area contributed by atoms with Crippen molar-refractivity contribution in [2.45, 2.75) is 20.3 Å². The summed E-state index contributed by atoms with van der Waals surface area (Å²) in [6.45, 7) is 4.12. The predicted molar refractivity (Wildman–Crippen MR) is 75.0 cm³/mol. The third-order valence-electron chi connectivity index (χ3n) is 2.91. The van der Waals surface area contributed by atoms with Crippen molar-refractivity contribution >= 4 is 11.4 Å². The van der Waals surface area contributed by atoms with Crippen LogP contribution < -0.4 is 5.32 Å². The minimum atomic E-state index is 0.678. The average Bonchev–Trinajstić information content (AvgIpc) is 2.41. The lowest BCUT2D eigenvalue weighted by Gasteiger charge is -2.10. The second kappa shape index (κ2) is 5.37. The van der Waals surface area contributed by atoms with Gasteiger partial charge in [0.15, 0.2) is 0 Å². The molecule has 2 aromatic carbocycles. The summed E-state index contributed by atoms with van der Waals surface area (Å²) in [6.07, 6.45) is 1.01. The van der Waals surface area contributed by atoms with Crippen LogP contribution in [0.3, 0.4) is 0 Å². The molecule has 0 aliphatic rings. The van der Waals surface area contributed by atoms with Crippen molar-refractivity contribution in [2.24, 2.45) is 0 Å². The number of rotatable bonds is 3. The third-order valence-corrected chi connectivity index (χ3v) is 2.91. The third kappa shape index (κ3) is 2.70. The van der Waals surface area contributed by atoms with E-state index < -0.39 is 0 Å². The lowest BCUT2D eigenvalue weighted by Crippen LogP contribution is -1.95. The van der Waals surface area contributed by atoms with Gasteiger partial charge in [-0.05, 0) is 48.7 Å². The Morgan fingerprint density at radius 1 is 1.17 bits per heavy atom. The van der Waals surface area contributed by atoms with E-state index in [0.29, 0.717) is 5.56 Å². The fraction of sp³-hybridized carbons (Fsp3) is 0.188. The summed E-state index contributed by atoms with van der Waals surface area (Å²) in [5.74, 6) is 0. The van der Waals surface area contributed by atoms with Crippen LogP contribution in [0.4, 0.5) is 11.4 Å². The fourth-order valence-electron chi connectivity index (χ4n) is 1.88. The van der Waals surface area contributed by atoms with Crippen molar-refractivity contribution in [3.63, 3.8) is 0 Å². The van der Waals surface area contributed by atoms with Crippen LogP contribution in [0.15, 0.2) is 42.5 Å². The maximum Gasteiger partial charge on any atom is 0.101 e. The molecule has 0 bridgehead atoms. The molecule has 0 aliphatic carbocycles. The van der Waals surface area contributed by atoms with Crippen molar-refractivity contribution in [2.75, 3.05) is 5.32 Å². The Morgan fingerprint density at radius 3 is 2.72 bits per heavy atom. The highest BCUT2D eigenvalue weighted by molar-refractivity contribution is 5.67. The summed E-state index contributed by atoms with van der Waals surface area (Å²) in [5, 5.41) is 12.4. The van der Waals surface area contributed by atoms with Crippen LogP contribution in [0, 0.1) is 18.3 Å². The molecular weight excluding hydrogens is 220 g/mol. The fourth-order valence-corrected chi connectivity index (χ4v) is 1.88. The first-order valence-corrected chi connectivity index (χ1v) is 6.09. The van der Waals surface area contributed by atoms with E-state index in [4.69, 9.17) is 5.26 Å². The molecule has 2 heteroatoms. The molecule has 0 heterocycles. The molecule has 0 radical (unpaired) electrons. The van der Waals surface area contributed by atoms with E-state index in [1.54, 1.807) is 0 Å². The van der Waals surface area contributed by atoms with Gasteiger partial charge in [0.05, 0.1) is 11.3 Å². The van der Waals surface area contributed by atoms with Crippen molar-refractivity contribution in [3.8, 4) is 6.07 Å². The van der Waals surface area contributed by atoms with Gasteiger partial charge in [0.25, 0.3) is 0 Å². The molecule has 0 aromatic heterocycles. The second-order valence-electron chi connectivity index (χ2n) is 4.34. The Bertz CT molecular complexity index is 594. The maximum absolute atomic E-state index is 9.13. The topological polar surface area (TPSA) is 35.8 Å². The highest BCUT2D eigenvalue weighted by Gasteiger charge is 2.02. The molecule has 0 atom stereocenters. The molecule has 0 amide bonds. The molecule has 0 spiro atoms. The average molecular weight is 236 g/mol. The first kappa shape index (κ1) is 12.2. The van der Waals surface area contributed by atoms with Gasteiger partial charge >= 0.3 is 0 Å². The highest BCUT2D eigenvalue weighted by atomic mass is 14.9. The van der Waals surface area contributed by atoms with E-state index in [9.17, 15) is 0 Å². The standard InChI is InChI=1S/C16H16N2/c1-3-13-5-4-6-15(10-13)18-16-8-7-12(2)9-14(16)11-17/h4-10,18H,3H2,1-2H3. The van der Waals surface area contributed by atoms with Crippen molar-refractivity contribution in [1.82, 2.24) is 0 Å². The van der Waals surface area contributed by atoms with Crippen LogP contribution in [0.1, 0.15) is 23.6 Å². The van der Waals surface area contributed by atoms with Gasteiger partial charge in [-0.25, -0.2) is 0 Å². The molecule has 0 saturated heterocycles. The predicted octanol–water partition coefficient (Wildman–Crippen LogP) is 4.17. The number of hydrogen-bond donors (Lipinski definition) is 1. The van der Waals surface area contributed by atoms with Crippen LogP contribution >= 0.6 is 0 Å². The molecule has 0 aliphatic heterocycles. The number of nitriles is 1. The summed E-state index contributed by atoms with van der Waals surface area (Å²) in [5.41, 5.74) is 4.94. The van der Waals surface area contributed by atoms with Gasteiger partial charge in [-0.2, -0.15) is 5.26 Å². The van der Waals surface area contributed by atoms with Crippen LogP contribution in [0.2, 0.25) is 0 Å². The molecule has 2 nitrogen and oxygen atoms in total. The SMILES string of the molecule is CCc1cccc(Nc2ccc(C)cc2C#N)c1. The Morgan fingerprint density at radius 2 is 2.00 bits per heavy atom. The molecule has 18 heavy (non-hydrogen) atoms. The van der Waals surface area contributed by atoms with Crippen molar-refractivity contribution < 1.29 is 0 Å². The number of nitrogens with one attached hydrogen (secondary N) is 1. The van der Waals surface area contributed by atoms with Gasteiger partial charge < -0.3 is 5.32 Å². The summed E-state index contributed by atoms with van der Waals surface area (Å²) in [6, 6.07) is 16.3. The van der Waals surface area contributed by atoms with Crippen LogP contribution in [-0.2, 0) is 6.42 Å². The van der Waals surface area contributed by atoms with E-state index >= 15 is 0 Å². The van der Waals surface area contributed by atoms with Crippen LogP contribution in [0.25, 0.3) is 0 Å². The Hall–Kier alpha value is -2.27. The molecule has 2 rings (SSSR count). The molecule has 2 aromatic rings. The lowest BCUT2D eigenvalue weighted by atomic mass is 10.1. The van der Waals surface area contributed by atoms with Gasteiger partial charge in [-0.15, -0.1) is 0 Å². The normalized spacial score (nSPS) is 9.83. The first-order chi connectivity index (χ1) is 8.72. The van der Waals surface area contributed by atoms with Crippen molar-refractivity contribution in [1.29, 1.82) is 5.26 Å².